The van der Waals surface area contributed by atoms with E-state index in [1.54, 1.807) is 0 Å². The summed E-state index contributed by atoms with van der Waals surface area (Å²) in [5.74, 6) is 0. The number of hydrogen-bond donors (Lipinski definition) is 0. The molecule has 1 radical (unpaired) electrons. The average Bonchev–Trinajstić information content (AvgIpc) is 3.06. The number of allylic oxidation sites excluding steroid dienone is 1. The SMILES string of the molecule is CCC1=Cc2c(ccc(C)c2-c2ccccc2-c2ccccc2)[CH]1. The molecule has 0 unspecified atom stereocenters. The maximum Gasteiger partial charge on any atom is 0.0164 e. The standard InChI is InChI=1S/C24H21/c1-3-18-15-20-14-13-17(2)24(23(20)16-18)22-12-8-7-11-21(22)19-9-5-4-6-10-19/h4-16H,3H2,1-2H3. The van der Waals surface area contributed by atoms with Crippen molar-refractivity contribution in [2.24, 2.45) is 0 Å². The first kappa shape index (κ1) is 15.0. The lowest BCUT2D eigenvalue weighted by Gasteiger charge is -2.16. The van der Waals surface area contributed by atoms with Gasteiger partial charge in [-0.1, -0.05) is 85.3 Å². The molecule has 0 aliphatic heterocycles. The van der Waals surface area contributed by atoms with Gasteiger partial charge in [0.05, 0.1) is 0 Å². The van der Waals surface area contributed by atoms with Gasteiger partial charge in [-0.25, -0.2) is 0 Å². The van der Waals surface area contributed by atoms with Crippen LogP contribution < -0.4 is 0 Å². The minimum Gasteiger partial charge on any atom is -0.0622 e. The van der Waals surface area contributed by atoms with Crippen LogP contribution in [0, 0.1) is 13.3 Å². The first-order chi connectivity index (χ1) is 11.8. The largest absolute Gasteiger partial charge is 0.0622 e. The van der Waals surface area contributed by atoms with E-state index in [9.17, 15) is 0 Å². The van der Waals surface area contributed by atoms with Gasteiger partial charge in [-0.2, -0.15) is 0 Å². The van der Waals surface area contributed by atoms with Crippen LogP contribution in [0.4, 0.5) is 0 Å². The summed E-state index contributed by atoms with van der Waals surface area (Å²) in [5.41, 5.74) is 10.7. The number of hydrogen-bond acceptors (Lipinski definition) is 0. The Kier molecular flexibility index (Phi) is 3.82. The van der Waals surface area contributed by atoms with E-state index in [1.165, 1.54) is 44.5 Å². The van der Waals surface area contributed by atoms with E-state index in [1.807, 2.05) is 0 Å². The molecular weight excluding hydrogens is 288 g/mol. The van der Waals surface area contributed by atoms with Crippen LogP contribution in [0.25, 0.3) is 28.3 Å². The predicted octanol–water partition coefficient (Wildman–Crippen LogP) is 6.69. The zero-order valence-electron chi connectivity index (χ0n) is 14.2. The fourth-order valence-corrected chi connectivity index (χ4v) is 3.59. The van der Waals surface area contributed by atoms with Crippen LogP contribution in [-0.4, -0.2) is 0 Å². The third-order valence-electron chi connectivity index (χ3n) is 4.85. The zero-order valence-corrected chi connectivity index (χ0v) is 14.2. The Balaban J connectivity index is 1.97. The van der Waals surface area contributed by atoms with Gasteiger partial charge in [0.1, 0.15) is 0 Å². The third-order valence-corrected chi connectivity index (χ3v) is 4.85. The van der Waals surface area contributed by atoms with Gasteiger partial charge in [-0.3, -0.25) is 0 Å². The molecule has 0 atom stereocenters. The highest BCUT2D eigenvalue weighted by atomic mass is 14.2. The van der Waals surface area contributed by atoms with Gasteiger partial charge >= 0.3 is 0 Å². The van der Waals surface area contributed by atoms with Crippen LogP contribution in [0.2, 0.25) is 0 Å². The van der Waals surface area contributed by atoms with Gasteiger partial charge in [-0.05, 0) is 52.3 Å². The van der Waals surface area contributed by atoms with Crippen molar-refractivity contribution >= 4 is 6.08 Å². The van der Waals surface area contributed by atoms with Gasteiger partial charge in [0.15, 0.2) is 0 Å². The second-order valence-corrected chi connectivity index (χ2v) is 6.39. The molecule has 117 valence electrons. The lowest BCUT2D eigenvalue weighted by atomic mass is 9.88. The lowest BCUT2D eigenvalue weighted by molar-refractivity contribution is 1.14. The molecule has 24 heavy (non-hydrogen) atoms. The second-order valence-electron chi connectivity index (χ2n) is 6.39. The molecule has 3 aromatic rings. The molecule has 0 N–H and O–H groups in total. The Morgan fingerprint density at radius 2 is 1.46 bits per heavy atom. The topological polar surface area (TPSA) is 0 Å². The fourth-order valence-electron chi connectivity index (χ4n) is 3.59. The molecule has 0 bridgehead atoms. The molecule has 0 aromatic heterocycles. The lowest BCUT2D eigenvalue weighted by Crippen LogP contribution is -1.93. The Morgan fingerprint density at radius 3 is 2.21 bits per heavy atom. The predicted molar refractivity (Wildman–Crippen MR) is 104 cm³/mol. The maximum atomic E-state index is 2.36. The van der Waals surface area contributed by atoms with Gasteiger partial charge < -0.3 is 0 Å². The molecule has 0 heteroatoms. The van der Waals surface area contributed by atoms with Crippen molar-refractivity contribution in [3.8, 4) is 22.3 Å². The van der Waals surface area contributed by atoms with E-state index in [0.717, 1.165) is 6.42 Å². The van der Waals surface area contributed by atoms with Crippen LogP contribution in [-0.2, 0) is 0 Å². The average molecular weight is 309 g/mol. The second kappa shape index (κ2) is 6.13. The fraction of sp³-hybridized carbons (Fsp3) is 0.125. The molecule has 0 saturated carbocycles. The number of fused-ring (bicyclic) bond motifs is 1. The van der Waals surface area contributed by atoms with Crippen molar-refractivity contribution in [1.82, 2.24) is 0 Å². The highest BCUT2D eigenvalue weighted by molar-refractivity contribution is 5.92. The van der Waals surface area contributed by atoms with E-state index >= 15 is 0 Å². The summed E-state index contributed by atoms with van der Waals surface area (Å²) in [6.45, 7) is 4.44. The molecule has 4 rings (SSSR count). The van der Waals surface area contributed by atoms with Gasteiger partial charge in [0.25, 0.3) is 0 Å². The smallest absolute Gasteiger partial charge is 0.0164 e. The van der Waals surface area contributed by atoms with E-state index in [2.05, 4.69) is 93.1 Å². The third kappa shape index (κ3) is 2.49. The van der Waals surface area contributed by atoms with Crippen molar-refractivity contribution in [1.29, 1.82) is 0 Å². The van der Waals surface area contributed by atoms with E-state index < -0.39 is 0 Å². The van der Waals surface area contributed by atoms with Crippen LogP contribution >= 0.6 is 0 Å². The Labute approximate surface area is 144 Å². The molecule has 0 nitrogen and oxygen atoms in total. The van der Waals surface area contributed by atoms with Gasteiger partial charge in [0, 0.05) is 6.42 Å². The molecule has 0 fully saturated rings. The molecule has 1 aliphatic rings. The van der Waals surface area contributed by atoms with E-state index in [-0.39, 0.29) is 0 Å². The van der Waals surface area contributed by atoms with Crippen LogP contribution in [0.3, 0.4) is 0 Å². The van der Waals surface area contributed by atoms with Crippen LogP contribution in [0.5, 0.6) is 0 Å². The van der Waals surface area contributed by atoms with E-state index in [4.69, 9.17) is 0 Å². The summed E-state index contributed by atoms with van der Waals surface area (Å²) in [7, 11) is 0. The van der Waals surface area contributed by atoms with Crippen molar-refractivity contribution in [2.45, 2.75) is 20.3 Å². The minimum atomic E-state index is 1.08. The molecule has 1 aliphatic carbocycles. The quantitative estimate of drug-likeness (QED) is 0.505. The highest BCUT2D eigenvalue weighted by Crippen LogP contribution is 2.41. The Hall–Kier alpha value is -2.60. The molecule has 0 amide bonds. The summed E-state index contributed by atoms with van der Waals surface area (Å²) in [6, 6.07) is 23.9. The Bertz CT molecular complexity index is 914. The highest BCUT2D eigenvalue weighted by Gasteiger charge is 2.19. The Morgan fingerprint density at radius 1 is 0.750 bits per heavy atom. The van der Waals surface area contributed by atoms with Crippen molar-refractivity contribution in [3.05, 3.63) is 95.4 Å². The normalized spacial score (nSPS) is 12.8. The number of aryl methyl sites for hydroxylation is 1. The maximum absolute atomic E-state index is 2.36. The van der Waals surface area contributed by atoms with Gasteiger partial charge in [0.2, 0.25) is 0 Å². The summed E-state index contributed by atoms with van der Waals surface area (Å²) in [5, 5.41) is 0. The molecule has 0 heterocycles. The summed E-state index contributed by atoms with van der Waals surface area (Å²) < 4.78 is 0. The monoisotopic (exact) mass is 309 g/mol. The molecule has 0 spiro atoms. The number of rotatable bonds is 3. The van der Waals surface area contributed by atoms with Gasteiger partial charge in [-0.15, -0.1) is 0 Å². The first-order valence-corrected chi connectivity index (χ1v) is 8.61. The van der Waals surface area contributed by atoms with Crippen LogP contribution in [0.1, 0.15) is 30.0 Å². The summed E-state index contributed by atoms with van der Waals surface area (Å²) in [6.07, 6.45) is 5.76. The van der Waals surface area contributed by atoms with Crippen LogP contribution in [0.15, 0.2) is 72.3 Å². The molecular formula is C24H21. The zero-order chi connectivity index (χ0) is 16.5. The summed E-state index contributed by atoms with van der Waals surface area (Å²) >= 11 is 0. The minimum absolute atomic E-state index is 1.08. The summed E-state index contributed by atoms with van der Waals surface area (Å²) in [4.78, 5) is 0. The number of benzene rings is 3. The first-order valence-electron chi connectivity index (χ1n) is 8.61. The van der Waals surface area contributed by atoms with E-state index in [0.29, 0.717) is 0 Å². The van der Waals surface area contributed by atoms with Crippen molar-refractivity contribution < 1.29 is 0 Å². The van der Waals surface area contributed by atoms with Crippen molar-refractivity contribution in [2.75, 3.05) is 0 Å². The van der Waals surface area contributed by atoms with Crippen molar-refractivity contribution in [3.63, 3.8) is 0 Å². The molecule has 0 saturated heterocycles. The molecule has 3 aromatic carbocycles.